The van der Waals surface area contributed by atoms with Crippen molar-refractivity contribution >= 4 is 11.8 Å². The van der Waals surface area contributed by atoms with E-state index in [1.54, 1.807) is 0 Å². The predicted octanol–water partition coefficient (Wildman–Crippen LogP) is 5.53. The van der Waals surface area contributed by atoms with Gasteiger partial charge in [-0.1, -0.05) is 45.2 Å². The molecule has 0 fully saturated rings. The molecule has 3 heteroatoms. The van der Waals surface area contributed by atoms with Crippen LogP contribution < -0.4 is 5.32 Å². The van der Waals surface area contributed by atoms with Gasteiger partial charge in [0.25, 0.3) is 0 Å². The van der Waals surface area contributed by atoms with Crippen LogP contribution in [0.5, 0.6) is 0 Å². The maximum absolute atomic E-state index is 3.84. The molecule has 2 nitrogen and oxygen atoms in total. The first-order chi connectivity index (χ1) is 11.7. The van der Waals surface area contributed by atoms with Crippen molar-refractivity contribution in [2.75, 3.05) is 31.1 Å². The summed E-state index contributed by atoms with van der Waals surface area (Å²) >= 11 is 1.97. The summed E-state index contributed by atoms with van der Waals surface area (Å²) < 4.78 is 0. The molecule has 0 aromatic heterocycles. The normalized spacial score (nSPS) is 14.2. The van der Waals surface area contributed by atoms with Crippen molar-refractivity contribution in [3.8, 4) is 0 Å². The fourth-order valence-corrected chi connectivity index (χ4v) is 3.77. The molecule has 146 valence electrons. The standard InChI is InChI=1S/C22H42N2S/c1-9-13-21(10-2)18-25-17-12-15-23-14-11-16-24(22(6,7)8)20(5)19(3)4/h9-10,13,19-20,23H,1-2,11-12,14-18H2,3-8H3/b21-13+. The zero-order chi connectivity index (χ0) is 19.3. The zero-order valence-electron chi connectivity index (χ0n) is 17.6. The minimum Gasteiger partial charge on any atom is -0.317 e. The van der Waals surface area contributed by atoms with Gasteiger partial charge >= 0.3 is 0 Å². The summed E-state index contributed by atoms with van der Waals surface area (Å²) in [7, 11) is 0. The number of nitrogens with zero attached hydrogens (tertiary/aromatic N) is 1. The highest BCUT2D eigenvalue weighted by Crippen LogP contribution is 2.21. The Bertz CT molecular complexity index is 393. The molecule has 1 unspecified atom stereocenters. The summed E-state index contributed by atoms with van der Waals surface area (Å²) in [6.07, 6.45) is 8.22. The third-order valence-corrected chi connectivity index (χ3v) is 5.69. The summed E-state index contributed by atoms with van der Waals surface area (Å²) in [6, 6.07) is 0.624. The van der Waals surface area contributed by atoms with Crippen molar-refractivity contribution < 1.29 is 0 Å². The average molecular weight is 367 g/mol. The number of thioether (sulfide) groups is 1. The molecule has 0 spiro atoms. The van der Waals surface area contributed by atoms with Crippen LogP contribution in [0.4, 0.5) is 0 Å². The third kappa shape index (κ3) is 11.7. The van der Waals surface area contributed by atoms with E-state index in [-0.39, 0.29) is 5.54 Å². The molecule has 0 saturated heterocycles. The minimum atomic E-state index is 0.238. The largest absolute Gasteiger partial charge is 0.317 e. The second-order valence-corrected chi connectivity index (χ2v) is 9.15. The van der Waals surface area contributed by atoms with Gasteiger partial charge < -0.3 is 5.32 Å². The van der Waals surface area contributed by atoms with E-state index >= 15 is 0 Å². The van der Waals surface area contributed by atoms with Crippen molar-refractivity contribution in [2.45, 2.75) is 66.0 Å². The fraction of sp³-hybridized carbons (Fsp3) is 0.727. The predicted molar refractivity (Wildman–Crippen MR) is 119 cm³/mol. The molecule has 0 rings (SSSR count). The van der Waals surface area contributed by atoms with Gasteiger partial charge in [-0.15, -0.1) is 0 Å². The molecule has 0 radical (unpaired) electrons. The molecule has 25 heavy (non-hydrogen) atoms. The first-order valence-electron chi connectivity index (χ1n) is 9.73. The second-order valence-electron chi connectivity index (χ2n) is 8.04. The molecule has 0 aromatic rings. The topological polar surface area (TPSA) is 15.3 Å². The smallest absolute Gasteiger partial charge is 0.0184 e. The first-order valence-corrected chi connectivity index (χ1v) is 10.9. The van der Waals surface area contributed by atoms with E-state index in [1.807, 2.05) is 30.0 Å². The molecule has 0 heterocycles. The Morgan fingerprint density at radius 1 is 1.12 bits per heavy atom. The van der Waals surface area contributed by atoms with Crippen LogP contribution in [0.25, 0.3) is 0 Å². The van der Waals surface area contributed by atoms with Crippen molar-refractivity contribution in [1.82, 2.24) is 10.2 Å². The molecule has 1 N–H and O–H groups in total. The average Bonchev–Trinajstić information content (AvgIpc) is 2.53. The number of hydrogen-bond acceptors (Lipinski definition) is 3. The maximum Gasteiger partial charge on any atom is 0.0184 e. The quantitative estimate of drug-likeness (QED) is 0.321. The number of allylic oxidation sites excluding steroid dienone is 3. The molecule has 0 aliphatic heterocycles. The van der Waals surface area contributed by atoms with Gasteiger partial charge in [0, 0.05) is 23.9 Å². The lowest BCUT2D eigenvalue weighted by molar-refractivity contribution is 0.0652. The number of rotatable bonds is 14. The van der Waals surface area contributed by atoms with Crippen LogP contribution in [0.1, 0.15) is 54.4 Å². The highest BCUT2D eigenvalue weighted by atomic mass is 32.2. The van der Waals surface area contributed by atoms with Gasteiger partial charge in [-0.25, -0.2) is 0 Å². The lowest BCUT2D eigenvalue weighted by Crippen LogP contribution is -2.49. The van der Waals surface area contributed by atoms with Crippen LogP contribution in [0, 0.1) is 5.92 Å². The summed E-state index contributed by atoms with van der Waals surface area (Å²) in [5.41, 5.74) is 1.50. The molecule has 0 bridgehead atoms. The van der Waals surface area contributed by atoms with Crippen LogP contribution in [0.2, 0.25) is 0 Å². The molecule has 0 aromatic carbocycles. The van der Waals surface area contributed by atoms with Crippen LogP contribution in [0.3, 0.4) is 0 Å². The van der Waals surface area contributed by atoms with Gasteiger partial charge in [0.15, 0.2) is 0 Å². The van der Waals surface area contributed by atoms with Gasteiger partial charge in [0.05, 0.1) is 0 Å². The molecular formula is C22H42N2S. The van der Waals surface area contributed by atoms with Crippen LogP contribution >= 0.6 is 11.8 Å². The Morgan fingerprint density at radius 3 is 2.28 bits per heavy atom. The molecule has 0 amide bonds. The van der Waals surface area contributed by atoms with E-state index in [9.17, 15) is 0 Å². The van der Waals surface area contributed by atoms with Gasteiger partial charge in [-0.05, 0) is 70.9 Å². The number of nitrogens with one attached hydrogen (secondary N) is 1. The van der Waals surface area contributed by atoms with Crippen LogP contribution in [-0.4, -0.2) is 47.6 Å². The second kappa shape index (κ2) is 13.7. The Kier molecular flexibility index (Phi) is 13.4. The SMILES string of the molecule is C=C/C=C(\C=C)CSCCCNCCCN(C(C)C(C)C)C(C)(C)C. The molecular weight excluding hydrogens is 324 g/mol. The zero-order valence-corrected chi connectivity index (χ0v) is 18.4. The fourth-order valence-electron chi connectivity index (χ4n) is 2.82. The van der Waals surface area contributed by atoms with Gasteiger partial charge in [0.2, 0.25) is 0 Å². The maximum atomic E-state index is 3.84. The van der Waals surface area contributed by atoms with Gasteiger partial charge in [0.1, 0.15) is 0 Å². The lowest BCUT2D eigenvalue weighted by Gasteiger charge is -2.42. The van der Waals surface area contributed by atoms with Crippen molar-refractivity contribution in [3.05, 3.63) is 37.0 Å². The first kappa shape index (κ1) is 24.5. The van der Waals surface area contributed by atoms with Gasteiger partial charge in [-0.2, -0.15) is 11.8 Å². The van der Waals surface area contributed by atoms with Crippen molar-refractivity contribution in [2.24, 2.45) is 5.92 Å². The Morgan fingerprint density at radius 2 is 1.76 bits per heavy atom. The summed E-state index contributed by atoms with van der Waals surface area (Å²) in [5, 5.41) is 3.60. The summed E-state index contributed by atoms with van der Waals surface area (Å²) in [5.74, 6) is 2.91. The van der Waals surface area contributed by atoms with E-state index in [2.05, 4.69) is 64.9 Å². The summed E-state index contributed by atoms with van der Waals surface area (Å²) in [6.45, 7) is 24.9. The molecule has 0 aliphatic carbocycles. The Hall–Kier alpha value is -0.510. The molecule has 0 aliphatic rings. The highest BCUT2D eigenvalue weighted by Gasteiger charge is 2.27. The van der Waals surface area contributed by atoms with E-state index in [1.165, 1.54) is 30.7 Å². The Labute approximate surface area is 162 Å². The Balaban J connectivity index is 3.85. The van der Waals surface area contributed by atoms with E-state index in [0.717, 1.165) is 18.8 Å². The van der Waals surface area contributed by atoms with E-state index in [4.69, 9.17) is 0 Å². The number of hydrogen-bond donors (Lipinski definition) is 1. The van der Waals surface area contributed by atoms with E-state index in [0.29, 0.717) is 12.0 Å². The van der Waals surface area contributed by atoms with E-state index < -0.39 is 0 Å². The van der Waals surface area contributed by atoms with Gasteiger partial charge in [-0.3, -0.25) is 4.90 Å². The summed E-state index contributed by atoms with van der Waals surface area (Å²) in [4.78, 5) is 2.65. The van der Waals surface area contributed by atoms with Crippen molar-refractivity contribution in [3.63, 3.8) is 0 Å². The highest BCUT2D eigenvalue weighted by molar-refractivity contribution is 7.99. The third-order valence-electron chi connectivity index (χ3n) is 4.58. The molecule has 1 atom stereocenters. The van der Waals surface area contributed by atoms with Crippen molar-refractivity contribution in [1.29, 1.82) is 0 Å². The lowest BCUT2D eigenvalue weighted by atomic mass is 9.96. The van der Waals surface area contributed by atoms with Crippen LogP contribution in [-0.2, 0) is 0 Å². The molecule has 0 saturated carbocycles. The van der Waals surface area contributed by atoms with Crippen LogP contribution in [0.15, 0.2) is 37.0 Å². The monoisotopic (exact) mass is 366 g/mol. The minimum absolute atomic E-state index is 0.238.